The van der Waals surface area contributed by atoms with Crippen molar-refractivity contribution < 1.29 is 8.78 Å². The zero-order valence-electron chi connectivity index (χ0n) is 11.3. The number of hydrogen-bond acceptors (Lipinski definition) is 2. The number of aromatic nitrogens is 2. The van der Waals surface area contributed by atoms with E-state index in [1.54, 1.807) is 18.2 Å². The number of rotatable bonds is 2. The summed E-state index contributed by atoms with van der Waals surface area (Å²) in [6.07, 6.45) is 0. The van der Waals surface area contributed by atoms with Crippen LogP contribution in [0.5, 0.6) is 0 Å². The molecule has 1 aromatic heterocycles. The van der Waals surface area contributed by atoms with Crippen LogP contribution < -0.4 is 0 Å². The predicted octanol–water partition coefficient (Wildman–Crippen LogP) is 3.87. The van der Waals surface area contributed by atoms with E-state index in [1.807, 2.05) is 11.5 Å². The molecular formula is C16H11F2N3. The van der Waals surface area contributed by atoms with Crippen LogP contribution in [0.15, 0.2) is 36.4 Å². The summed E-state index contributed by atoms with van der Waals surface area (Å²) in [5.74, 6) is -0.796. The highest BCUT2D eigenvalue weighted by Gasteiger charge is 2.13. The smallest absolute Gasteiger partial charge is 0.141 e. The van der Waals surface area contributed by atoms with E-state index in [1.165, 1.54) is 12.1 Å². The van der Waals surface area contributed by atoms with E-state index in [0.717, 1.165) is 11.6 Å². The van der Waals surface area contributed by atoms with Gasteiger partial charge in [0, 0.05) is 18.2 Å². The summed E-state index contributed by atoms with van der Waals surface area (Å²) in [6.45, 7) is 2.54. The van der Waals surface area contributed by atoms with Crippen LogP contribution in [0.4, 0.5) is 8.78 Å². The van der Waals surface area contributed by atoms with Crippen molar-refractivity contribution in [1.29, 1.82) is 5.26 Å². The van der Waals surface area contributed by atoms with Crippen LogP contribution in [0.2, 0.25) is 0 Å². The molecule has 0 N–H and O–H groups in total. The van der Waals surface area contributed by atoms with Crippen molar-refractivity contribution in [1.82, 2.24) is 9.55 Å². The zero-order chi connectivity index (χ0) is 15.0. The van der Waals surface area contributed by atoms with Gasteiger partial charge in [0.1, 0.15) is 17.5 Å². The average Bonchev–Trinajstić information content (AvgIpc) is 2.83. The van der Waals surface area contributed by atoms with Gasteiger partial charge < -0.3 is 4.57 Å². The lowest BCUT2D eigenvalue weighted by molar-refractivity contribution is 0.583. The molecule has 3 rings (SSSR count). The molecule has 0 saturated heterocycles. The van der Waals surface area contributed by atoms with Crippen molar-refractivity contribution in [2.75, 3.05) is 0 Å². The van der Waals surface area contributed by atoms with Crippen molar-refractivity contribution in [3.8, 4) is 17.5 Å². The number of benzene rings is 2. The molecule has 21 heavy (non-hydrogen) atoms. The van der Waals surface area contributed by atoms with Gasteiger partial charge >= 0.3 is 0 Å². The van der Waals surface area contributed by atoms with Gasteiger partial charge in [-0.1, -0.05) is 0 Å². The third kappa shape index (κ3) is 2.25. The summed E-state index contributed by atoms with van der Waals surface area (Å²) in [7, 11) is 0. The van der Waals surface area contributed by atoms with Crippen LogP contribution in [0.1, 0.15) is 12.5 Å². The van der Waals surface area contributed by atoms with Gasteiger partial charge in [-0.3, -0.25) is 0 Å². The Kier molecular flexibility index (Phi) is 3.15. The standard InChI is InChI=1S/C16H11F2N3/c1-2-21-15-4-3-10(9-19)5-14(15)20-16(21)11-6-12(17)8-13(18)7-11/h3-8H,2H2,1H3. The minimum Gasteiger partial charge on any atom is -0.324 e. The molecule has 5 heteroatoms. The van der Waals surface area contributed by atoms with Gasteiger partial charge in [0.25, 0.3) is 0 Å². The third-order valence-electron chi connectivity index (χ3n) is 3.31. The first-order valence-corrected chi connectivity index (χ1v) is 6.49. The molecule has 0 saturated carbocycles. The maximum Gasteiger partial charge on any atom is 0.141 e. The van der Waals surface area contributed by atoms with Crippen LogP contribution in [-0.2, 0) is 6.54 Å². The number of nitrogens with zero attached hydrogens (tertiary/aromatic N) is 3. The highest BCUT2D eigenvalue weighted by atomic mass is 19.1. The number of nitriles is 1. The Hall–Kier alpha value is -2.74. The molecule has 3 nitrogen and oxygen atoms in total. The fourth-order valence-corrected chi connectivity index (χ4v) is 2.42. The van der Waals surface area contributed by atoms with Gasteiger partial charge in [0.15, 0.2) is 0 Å². The highest BCUT2D eigenvalue weighted by molar-refractivity contribution is 5.82. The van der Waals surface area contributed by atoms with Gasteiger partial charge in [-0.25, -0.2) is 13.8 Å². The molecule has 3 aromatic rings. The molecule has 0 spiro atoms. The number of halogens is 2. The number of fused-ring (bicyclic) bond motifs is 1. The summed E-state index contributed by atoms with van der Waals surface area (Å²) >= 11 is 0. The van der Waals surface area contributed by atoms with Gasteiger partial charge in [0.2, 0.25) is 0 Å². The zero-order valence-corrected chi connectivity index (χ0v) is 11.3. The van der Waals surface area contributed by atoms with E-state index in [9.17, 15) is 8.78 Å². The van der Waals surface area contributed by atoms with E-state index >= 15 is 0 Å². The first-order chi connectivity index (χ1) is 10.1. The summed E-state index contributed by atoms with van der Waals surface area (Å²) in [5.41, 5.74) is 2.34. The first-order valence-electron chi connectivity index (χ1n) is 6.49. The molecule has 0 aliphatic heterocycles. The van der Waals surface area contributed by atoms with E-state index in [0.29, 0.717) is 29.0 Å². The lowest BCUT2D eigenvalue weighted by Gasteiger charge is -2.06. The van der Waals surface area contributed by atoms with Crippen LogP contribution in [-0.4, -0.2) is 9.55 Å². The van der Waals surface area contributed by atoms with Gasteiger partial charge in [-0.15, -0.1) is 0 Å². The first kappa shape index (κ1) is 13.3. The topological polar surface area (TPSA) is 41.6 Å². The second-order valence-electron chi connectivity index (χ2n) is 4.65. The number of hydrogen-bond donors (Lipinski definition) is 0. The van der Waals surface area contributed by atoms with Crippen LogP contribution in [0.25, 0.3) is 22.4 Å². The van der Waals surface area contributed by atoms with Crippen LogP contribution in [0, 0.1) is 23.0 Å². The van der Waals surface area contributed by atoms with E-state index in [4.69, 9.17) is 5.26 Å². The van der Waals surface area contributed by atoms with E-state index in [-0.39, 0.29) is 0 Å². The van der Waals surface area contributed by atoms with Crippen molar-refractivity contribution in [3.63, 3.8) is 0 Å². The monoisotopic (exact) mass is 283 g/mol. The Labute approximate surface area is 120 Å². The summed E-state index contributed by atoms with van der Waals surface area (Å²) in [6, 6.07) is 10.6. The number of imidazole rings is 1. The van der Waals surface area contributed by atoms with Gasteiger partial charge in [-0.2, -0.15) is 5.26 Å². The van der Waals surface area contributed by atoms with E-state index < -0.39 is 11.6 Å². The maximum atomic E-state index is 13.4. The lowest BCUT2D eigenvalue weighted by atomic mass is 10.2. The molecular weight excluding hydrogens is 272 g/mol. The van der Waals surface area contributed by atoms with Crippen molar-refractivity contribution in [2.45, 2.75) is 13.5 Å². The summed E-state index contributed by atoms with van der Waals surface area (Å²) in [5, 5.41) is 8.94. The molecule has 0 aliphatic rings. The second-order valence-corrected chi connectivity index (χ2v) is 4.65. The predicted molar refractivity (Wildman–Crippen MR) is 75.5 cm³/mol. The Morgan fingerprint density at radius 3 is 2.48 bits per heavy atom. The molecule has 104 valence electrons. The highest BCUT2D eigenvalue weighted by Crippen LogP contribution is 2.26. The minimum atomic E-state index is -0.641. The Morgan fingerprint density at radius 2 is 1.86 bits per heavy atom. The molecule has 1 heterocycles. The molecule has 0 radical (unpaired) electrons. The quantitative estimate of drug-likeness (QED) is 0.716. The molecule has 0 atom stereocenters. The molecule has 0 fully saturated rings. The van der Waals surface area contributed by atoms with Crippen molar-refractivity contribution >= 4 is 11.0 Å². The van der Waals surface area contributed by atoms with Crippen molar-refractivity contribution in [3.05, 3.63) is 53.6 Å². The molecule has 0 aliphatic carbocycles. The lowest BCUT2D eigenvalue weighted by Crippen LogP contribution is -1.98. The minimum absolute atomic E-state index is 0.379. The van der Waals surface area contributed by atoms with Crippen molar-refractivity contribution in [2.24, 2.45) is 0 Å². The fourth-order valence-electron chi connectivity index (χ4n) is 2.42. The fraction of sp³-hybridized carbons (Fsp3) is 0.125. The molecule has 0 bridgehead atoms. The Balaban J connectivity index is 2.29. The summed E-state index contributed by atoms with van der Waals surface area (Å²) < 4.78 is 28.7. The Morgan fingerprint density at radius 1 is 1.14 bits per heavy atom. The van der Waals surface area contributed by atoms with Crippen LogP contribution in [0.3, 0.4) is 0 Å². The van der Waals surface area contributed by atoms with Gasteiger partial charge in [0.05, 0.1) is 22.7 Å². The summed E-state index contributed by atoms with van der Waals surface area (Å²) in [4.78, 5) is 4.42. The molecule has 2 aromatic carbocycles. The maximum absolute atomic E-state index is 13.4. The normalized spacial score (nSPS) is 10.8. The average molecular weight is 283 g/mol. The third-order valence-corrected chi connectivity index (χ3v) is 3.31. The van der Waals surface area contributed by atoms with E-state index in [2.05, 4.69) is 11.1 Å². The van der Waals surface area contributed by atoms with Gasteiger partial charge in [-0.05, 0) is 37.3 Å². The largest absolute Gasteiger partial charge is 0.324 e. The second kappa shape index (κ2) is 4.98. The Bertz CT molecular complexity index is 855. The number of aryl methyl sites for hydroxylation is 1. The molecule has 0 unspecified atom stereocenters. The SMILES string of the molecule is CCn1c(-c2cc(F)cc(F)c2)nc2cc(C#N)ccc21. The molecule has 0 amide bonds. The van der Waals surface area contributed by atoms with Crippen LogP contribution >= 0.6 is 0 Å².